The smallest absolute Gasteiger partial charge is 0.135 e. The zero-order chi connectivity index (χ0) is 37.7. The lowest BCUT2D eigenvalue weighted by Crippen LogP contribution is -2.09. The topological polar surface area (TPSA) is 29.3 Å². The van der Waals surface area contributed by atoms with E-state index in [4.69, 9.17) is 9.40 Å². The summed E-state index contributed by atoms with van der Waals surface area (Å²) in [6, 6.07) is 73.4. The molecular formula is C53H34N2OS. The van der Waals surface area contributed by atoms with Crippen molar-refractivity contribution in [1.29, 1.82) is 0 Å². The Morgan fingerprint density at radius 1 is 0.333 bits per heavy atom. The lowest BCUT2D eigenvalue weighted by atomic mass is 10.0. The summed E-state index contributed by atoms with van der Waals surface area (Å²) in [5.74, 6) is 0. The van der Waals surface area contributed by atoms with Crippen LogP contribution in [0.15, 0.2) is 211 Å². The molecule has 0 aliphatic rings. The Labute approximate surface area is 334 Å². The van der Waals surface area contributed by atoms with Gasteiger partial charge in [0, 0.05) is 59.1 Å². The van der Waals surface area contributed by atoms with Crippen LogP contribution in [-0.2, 0) is 0 Å². The molecule has 0 saturated carbocycles. The van der Waals surface area contributed by atoms with Crippen LogP contribution in [0, 0.1) is 0 Å². The first-order valence-electron chi connectivity index (χ1n) is 19.2. The Morgan fingerprint density at radius 3 is 1.46 bits per heavy atom. The Bertz CT molecular complexity index is 3140. The molecule has 4 heteroatoms. The molecule has 0 amide bonds. The van der Waals surface area contributed by atoms with E-state index >= 15 is 0 Å². The lowest BCUT2D eigenvalue weighted by Gasteiger charge is -2.26. The van der Waals surface area contributed by atoms with Gasteiger partial charge in [0.1, 0.15) is 11.2 Å². The number of anilines is 3. The highest BCUT2D eigenvalue weighted by molar-refractivity contribution is 7.25. The summed E-state index contributed by atoms with van der Waals surface area (Å²) < 4.78 is 8.61. The number of para-hydroxylation sites is 1. The fraction of sp³-hybridized carbons (Fsp3) is 0. The molecule has 0 aliphatic heterocycles. The van der Waals surface area contributed by atoms with E-state index in [1.807, 2.05) is 23.5 Å². The van der Waals surface area contributed by atoms with E-state index < -0.39 is 0 Å². The third-order valence-corrected chi connectivity index (χ3v) is 12.0. The van der Waals surface area contributed by atoms with Gasteiger partial charge in [0.15, 0.2) is 0 Å². The Kier molecular flexibility index (Phi) is 8.01. The number of furan rings is 1. The van der Waals surface area contributed by atoms with Crippen LogP contribution in [0.1, 0.15) is 0 Å². The highest BCUT2D eigenvalue weighted by atomic mass is 32.1. The van der Waals surface area contributed by atoms with Crippen molar-refractivity contribution in [2.45, 2.75) is 0 Å². The van der Waals surface area contributed by atoms with E-state index in [2.05, 4.69) is 199 Å². The van der Waals surface area contributed by atoms with E-state index in [-0.39, 0.29) is 0 Å². The maximum atomic E-state index is 6.10. The van der Waals surface area contributed by atoms with Gasteiger partial charge >= 0.3 is 0 Å². The normalized spacial score (nSPS) is 11.5. The fourth-order valence-corrected chi connectivity index (χ4v) is 9.09. The number of benzene rings is 8. The first-order valence-corrected chi connectivity index (χ1v) is 20.0. The molecule has 0 bridgehead atoms. The van der Waals surface area contributed by atoms with Crippen LogP contribution >= 0.6 is 11.3 Å². The van der Waals surface area contributed by atoms with E-state index in [9.17, 15) is 0 Å². The summed E-state index contributed by atoms with van der Waals surface area (Å²) in [4.78, 5) is 7.57. The Hall–Kier alpha value is -7.27. The Balaban J connectivity index is 0.991. The van der Waals surface area contributed by atoms with Gasteiger partial charge in [-0.05, 0) is 113 Å². The number of hydrogen-bond donors (Lipinski definition) is 0. The molecule has 57 heavy (non-hydrogen) atoms. The van der Waals surface area contributed by atoms with Gasteiger partial charge in [0.05, 0.1) is 11.4 Å². The zero-order valence-corrected chi connectivity index (χ0v) is 31.7. The molecule has 11 rings (SSSR count). The quantitative estimate of drug-likeness (QED) is 0.163. The van der Waals surface area contributed by atoms with Crippen LogP contribution in [0.2, 0.25) is 0 Å². The van der Waals surface area contributed by atoms with E-state index in [0.29, 0.717) is 0 Å². The fourth-order valence-electron chi connectivity index (χ4n) is 8.02. The van der Waals surface area contributed by atoms with Crippen molar-refractivity contribution >= 4 is 70.5 Å². The second kappa shape index (κ2) is 13.8. The molecule has 0 N–H and O–H groups in total. The van der Waals surface area contributed by atoms with Crippen LogP contribution in [0.5, 0.6) is 0 Å². The number of rotatable bonds is 7. The monoisotopic (exact) mass is 746 g/mol. The van der Waals surface area contributed by atoms with Crippen LogP contribution in [0.3, 0.4) is 0 Å². The number of pyridine rings is 1. The van der Waals surface area contributed by atoms with Gasteiger partial charge in [-0.3, -0.25) is 0 Å². The summed E-state index contributed by atoms with van der Waals surface area (Å²) in [6.07, 6.45) is 0. The summed E-state index contributed by atoms with van der Waals surface area (Å²) >= 11 is 1.83. The van der Waals surface area contributed by atoms with Crippen LogP contribution < -0.4 is 4.90 Å². The van der Waals surface area contributed by atoms with Crippen molar-refractivity contribution in [2.75, 3.05) is 4.90 Å². The van der Waals surface area contributed by atoms with E-state index in [1.54, 1.807) is 0 Å². The van der Waals surface area contributed by atoms with Crippen molar-refractivity contribution < 1.29 is 4.42 Å². The molecule has 3 nitrogen and oxygen atoms in total. The predicted octanol–water partition coefficient (Wildman–Crippen LogP) is 15.5. The van der Waals surface area contributed by atoms with Gasteiger partial charge in [-0.15, -0.1) is 11.3 Å². The average molecular weight is 747 g/mol. The maximum absolute atomic E-state index is 6.10. The molecule has 11 aromatic rings. The molecule has 0 aliphatic carbocycles. The van der Waals surface area contributed by atoms with E-state index in [0.717, 1.165) is 61.5 Å². The molecule has 0 unspecified atom stereocenters. The van der Waals surface area contributed by atoms with E-state index in [1.165, 1.54) is 42.4 Å². The summed E-state index contributed by atoms with van der Waals surface area (Å²) in [6.45, 7) is 0. The van der Waals surface area contributed by atoms with Gasteiger partial charge in [-0.25, -0.2) is 4.98 Å². The van der Waals surface area contributed by atoms with Gasteiger partial charge in [0.2, 0.25) is 0 Å². The molecule has 0 atom stereocenters. The van der Waals surface area contributed by atoms with Gasteiger partial charge in [-0.2, -0.15) is 0 Å². The third-order valence-electron chi connectivity index (χ3n) is 10.9. The minimum Gasteiger partial charge on any atom is -0.456 e. The highest BCUT2D eigenvalue weighted by Crippen LogP contribution is 2.42. The second-order valence-corrected chi connectivity index (χ2v) is 15.5. The summed E-state index contributed by atoms with van der Waals surface area (Å²) in [5.41, 5.74) is 13.9. The minimum absolute atomic E-state index is 0.886. The van der Waals surface area contributed by atoms with Crippen LogP contribution in [0.4, 0.5) is 17.1 Å². The molecule has 268 valence electrons. The lowest BCUT2D eigenvalue weighted by molar-refractivity contribution is 0.669. The second-order valence-electron chi connectivity index (χ2n) is 14.4. The third kappa shape index (κ3) is 6.04. The average Bonchev–Trinajstić information content (AvgIpc) is 3.85. The summed E-state index contributed by atoms with van der Waals surface area (Å²) in [7, 11) is 0. The molecule has 3 aromatic heterocycles. The van der Waals surface area contributed by atoms with Gasteiger partial charge in [-0.1, -0.05) is 115 Å². The molecule has 0 saturated heterocycles. The Morgan fingerprint density at radius 2 is 0.807 bits per heavy atom. The maximum Gasteiger partial charge on any atom is 0.135 e. The molecule has 3 heterocycles. The largest absolute Gasteiger partial charge is 0.456 e. The molecule has 0 fully saturated rings. The van der Waals surface area contributed by atoms with Crippen molar-refractivity contribution in [1.82, 2.24) is 4.98 Å². The highest BCUT2D eigenvalue weighted by Gasteiger charge is 2.17. The predicted molar refractivity (Wildman–Crippen MR) is 241 cm³/mol. The molecule has 0 spiro atoms. The molecule has 0 radical (unpaired) electrons. The first kappa shape index (κ1) is 33.1. The number of thiophene rings is 1. The number of hydrogen-bond acceptors (Lipinski definition) is 4. The molecule has 8 aromatic carbocycles. The van der Waals surface area contributed by atoms with Crippen LogP contribution in [0.25, 0.3) is 86.9 Å². The molecular weight excluding hydrogens is 713 g/mol. The van der Waals surface area contributed by atoms with Crippen molar-refractivity contribution in [2.24, 2.45) is 0 Å². The number of aromatic nitrogens is 1. The van der Waals surface area contributed by atoms with Crippen LogP contribution in [-0.4, -0.2) is 4.98 Å². The first-order chi connectivity index (χ1) is 28.2. The SMILES string of the molecule is c1ccc(-c2ccc(N(c3ccc(-c4ccccc4)cc3)c3ccc4sc5ccc(-c6cccc(-c7ccc8oc9ccccc9c8c7)n6)cc5c4c3)cc2)cc1. The number of nitrogens with zero attached hydrogens (tertiary/aromatic N) is 2. The zero-order valence-electron chi connectivity index (χ0n) is 30.8. The standard InChI is InChI=1S/C53H34N2OS/c1-3-10-35(11-4-1)37-18-24-41(25-19-37)55(42-26-20-38(21-27-42)36-12-5-2-6-13-36)43-28-31-53-47(34-43)46-33-40(23-30-52(46)57-53)49-16-9-15-48(54-49)39-22-29-51-45(32-39)44-14-7-8-17-50(44)56-51/h1-34H. The number of fused-ring (bicyclic) bond motifs is 6. The minimum atomic E-state index is 0.886. The summed E-state index contributed by atoms with van der Waals surface area (Å²) in [5, 5.41) is 4.68. The van der Waals surface area contributed by atoms with Gasteiger partial charge < -0.3 is 9.32 Å². The van der Waals surface area contributed by atoms with Crippen molar-refractivity contribution in [3.8, 4) is 44.8 Å². The van der Waals surface area contributed by atoms with Crippen molar-refractivity contribution in [3.05, 3.63) is 206 Å². The van der Waals surface area contributed by atoms with Crippen molar-refractivity contribution in [3.63, 3.8) is 0 Å². The van der Waals surface area contributed by atoms with Gasteiger partial charge in [0.25, 0.3) is 0 Å².